The highest BCUT2D eigenvalue weighted by molar-refractivity contribution is 5.82. The Bertz CT molecular complexity index is 635. The molecule has 148 valence electrons. The van der Waals surface area contributed by atoms with Crippen LogP contribution in [0.25, 0.3) is 0 Å². The second kappa shape index (κ2) is 9.55. The van der Waals surface area contributed by atoms with Gasteiger partial charge in [0.1, 0.15) is 6.10 Å². The van der Waals surface area contributed by atoms with Gasteiger partial charge in [0, 0.05) is 51.6 Å². The first-order valence-corrected chi connectivity index (χ1v) is 9.64. The summed E-state index contributed by atoms with van der Waals surface area (Å²) in [4.78, 5) is 25.6. The number of hydrogen-bond donors (Lipinski definition) is 1. The van der Waals surface area contributed by atoms with Crippen molar-refractivity contribution < 1.29 is 14.3 Å². The Hall–Kier alpha value is -2.35. The Morgan fingerprint density at radius 2 is 2.11 bits per heavy atom. The Labute approximate surface area is 160 Å². The molecule has 1 atom stereocenters. The first-order valence-electron chi connectivity index (χ1n) is 9.64. The first-order chi connectivity index (χ1) is 13.2. The van der Waals surface area contributed by atoms with Crippen molar-refractivity contribution in [3.05, 3.63) is 23.9 Å². The quantitative estimate of drug-likeness (QED) is 0.608. The number of ether oxygens (including phenoxy) is 2. The van der Waals surface area contributed by atoms with Gasteiger partial charge in [-0.05, 0) is 25.3 Å². The molecule has 0 aromatic carbocycles. The molecule has 1 amide bonds. The number of hydrogen-bond acceptors (Lipinski definition) is 5. The Morgan fingerprint density at radius 1 is 1.33 bits per heavy atom. The largest absolute Gasteiger partial charge is 0.481 e. The zero-order valence-electron chi connectivity index (χ0n) is 16.2. The summed E-state index contributed by atoms with van der Waals surface area (Å²) in [7, 11) is 1.60. The standard InChI is InChI=1S/C19H29N5O3/c1-3-20-19(22-14-15-6-7-17(26-2)21-13-15)24-10-8-23(9-11-24)18(25)16-5-4-12-27-16/h6-7,13,16H,3-5,8-12,14H2,1-2H3,(H,20,22). The topological polar surface area (TPSA) is 79.3 Å². The number of pyridine rings is 1. The van der Waals surface area contributed by atoms with Crippen LogP contribution in [-0.4, -0.2) is 79.2 Å². The van der Waals surface area contributed by atoms with Crippen LogP contribution in [0.5, 0.6) is 5.88 Å². The lowest BCUT2D eigenvalue weighted by molar-refractivity contribution is -0.142. The van der Waals surface area contributed by atoms with Crippen LogP contribution in [0.1, 0.15) is 25.3 Å². The Morgan fingerprint density at radius 3 is 2.70 bits per heavy atom. The first kappa shape index (κ1) is 19.4. The zero-order chi connectivity index (χ0) is 19.1. The van der Waals surface area contributed by atoms with Crippen molar-refractivity contribution >= 4 is 11.9 Å². The van der Waals surface area contributed by atoms with Crippen LogP contribution in [-0.2, 0) is 16.1 Å². The maximum Gasteiger partial charge on any atom is 0.251 e. The summed E-state index contributed by atoms with van der Waals surface area (Å²) in [5, 5.41) is 3.35. The van der Waals surface area contributed by atoms with Crippen LogP contribution in [0.2, 0.25) is 0 Å². The summed E-state index contributed by atoms with van der Waals surface area (Å²) in [5.74, 6) is 1.61. The van der Waals surface area contributed by atoms with Gasteiger partial charge in [-0.25, -0.2) is 9.98 Å². The van der Waals surface area contributed by atoms with Gasteiger partial charge in [-0.15, -0.1) is 0 Å². The van der Waals surface area contributed by atoms with Crippen LogP contribution in [0, 0.1) is 0 Å². The Kier molecular flexibility index (Phi) is 6.86. The van der Waals surface area contributed by atoms with Crippen molar-refractivity contribution in [3.8, 4) is 5.88 Å². The minimum Gasteiger partial charge on any atom is -0.481 e. The second-order valence-corrected chi connectivity index (χ2v) is 6.69. The van der Waals surface area contributed by atoms with Gasteiger partial charge < -0.3 is 24.6 Å². The van der Waals surface area contributed by atoms with Crippen molar-refractivity contribution in [2.75, 3.05) is 46.4 Å². The summed E-state index contributed by atoms with van der Waals surface area (Å²) in [6.45, 7) is 7.05. The smallest absolute Gasteiger partial charge is 0.251 e. The number of guanidine groups is 1. The maximum atomic E-state index is 12.5. The molecular weight excluding hydrogens is 346 g/mol. The highest BCUT2D eigenvalue weighted by Gasteiger charge is 2.30. The number of methoxy groups -OCH3 is 1. The SMILES string of the molecule is CCNC(=NCc1ccc(OC)nc1)N1CCN(C(=O)C2CCCO2)CC1. The molecule has 1 unspecified atom stereocenters. The van der Waals surface area contributed by atoms with E-state index >= 15 is 0 Å². The molecular formula is C19H29N5O3. The fourth-order valence-electron chi connectivity index (χ4n) is 3.33. The van der Waals surface area contributed by atoms with Crippen molar-refractivity contribution in [1.82, 2.24) is 20.1 Å². The van der Waals surface area contributed by atoms with Gasteiger partial charge in [0.05, 0.1) is 13.7 Å². The van der Waals surface area contributed by atoms with Gasteiger partial charge in [0.15, 0.2) is 5.96 Å². The molecule has 3 rings (SSSR count). The van der Waals surface area contributed by atoms with Gasteiger partial charge in [0.25, 0.3) is 5.91 Å². The molecule has 2 fully saturated rings. The van der Waals surface area contributed by atoms with E-state index in [4.69, 9.17) is 14.5 Å². The molecule has 8 heteroatoms. The molecule has 2 aliphatic rings. The summed E-state index contributed by atoms with van der Waals surface area (Å²) in [6, 6.07) is 3.81. The fourth-order valence-corrected chi connectivity index (χ4v) is 3.33. The Balaban J connectivity index is 1.56. The molecule has 0 saturated carbocycles. The van der Waals surface area contributed by atoms with E-state index in [2.05, 4.69) is 22.1 Å². The van der Waals surface area contributed by atoms with E-state index in [1.54, 1.807) is 13.3 Å². The van der Waals surface area contributed by atoms with Gasteiger partial charge in [-0.1, -0.05) is 6.07 Å². The molecule has 3 heterocycles. The van der Waals surface area contributed by atoms with E-state index in [9.17, 15) is 4.79 Å². The van der Waals surface area contributed by atoms with Crippen molar-refractivity contribution in [3.63, 3.8) is 0 Å². The lowest BCUT2D eigenvalue weighted by Gasteiger charge is -2.37. The average molecular weight is 375 g/mol. The predicted octanol–water partition coefficient (Wildman–Crippen LogP) is 0.879. The highest BCUT2D eigenvalue weighted by atomic mass is 16.5. The predicted molar refractivity (Wildman–Crippen MR) is 103 cm³/mol. The van der Waals surface area contributed by atoms with Crippen LogP contribution >= 0.6 is 0 Å². The third-order valence-electron chi connectivity index (χ3n) is 4.85. The normalized spacial score (nSPS) is 20.7. The number of nitrogens with zero attached hydrogens (tertiary/aromatic N) is 4. The molecule has 0 aliphatic carbocycles. The van der Waals surface area contributed by atoms with E-state index in [0.29, 0.717) is 32.1 Å². The third kappa shape index (κ3) is 5.09. The van der Waals surface area contributed by atoms with Gasteiger partial charge in [-0.3, -0.25) is 4.79 Å². The van der Waals surface area contributed by atoms with Crippen LogP contribution < -0.4 is 10.1 Å². The lowest BCUT2D eigenvalue weighted by atomic mass is 10.2. The monoisotopic (exact) mass is 375 g/mol. The van der Waals surface area contributed by atoms with E-state index < -0.39 is 0 Å². The van der Waals surface area contributed by atoms with E-state index in [1.165, 1.54) is 0 Å². The van der Waals surface area contributed by atoms with Crippen LogP contribution in [0.3, 0.4) is 0 Å². The van der Waals surface area contributed by atoms with Crippen LogP contribution in [0.15, 0.2) is 23.3 Å². The minimum absolute atomic E-state index is 0.137. The summed E-state index contributed by atoms with van der Waals surface area (Å²) in [5.41, 5.74) is 1.03. The molecule has 0 radical (unpaired) electrons. The van der Waals surface area contributed by atoms with Crippen molar-refractivity contribution in [1.29, 1.82) is 0 Å². The molecule has 2 aliphatic heterocycles. The maximum absolute atomic E-state index is 12.5. The number of carbonyl (C=O) groups excluding carboxylic acids is 1. The molecule has 0 spiro atoms. The van der Waals surface area contributed by atoms with E-state index in [0.717, 1.165) is 44.0 Å². The zero-order valence-corrected chi connectivity index (χ0v) is 16.2. The van der Waals surface area contributed by atoms with Crippen LogP contribution in [0.4, 0.5) is 0 Å². The number of amides is 1. The average Bonchev–Trinajstić information content (AvgIpc) is 3.26. The number of aliphatic imine (C=N–C) groups is 1. The molecule has 2 saturated heterocycles. The summed E-state index contributed by atoms with van der Waals surface area (Å²) >= 11 is 0. The molecule has 1 N–H and O–H groups in total. The van der Waals surface area contributed by atoms with E-state index in [-0.39, 0.29) is 12.0 Å². The highest BCUT2D eigenvalue weighted by Crippen LogP contribution is 2.16. The number of aromatic nitrogens is 1. The summed E-state index contributed by atoms with van der Waals surface area (Å²) in [6.07, 6.45) is 3.37. The molecule has 1 aromatic rings. The van der Waals surface area contributed by atoms with E-state index in [1.807, 2.05) is 17.0 Å². The van der Waals surface area contributed by atoms with Crippen molar-refractivity contribution in [2.45, 2.75) is 32.4 Å². The van der Waals surface area contributed by atoms with Gasteiger partial charge in [0.2, 0.25) is 5.88 Å². The van der Waals surface area contributed by atoms with Gasteiger partial charge in [-0.2, -0.15) is 0 Å². The number of carbonyl (C=O) groups is 1. The lowest BCUT2D eigenvalue weighted by Crippen LogP contribution is -2.55. The van der Waals surface area contributed by atoms with Crippen molar-refractivity contribution in [2.24, 2.45) is 4.99 Å². The minimum atomic E-state index is -0.235. The molecule has 8 nitrogen and oxygen atoms in total. The molecule has 1 aromatic heterocycles. The number of piperazine rings is 1. The number of rotatable bonds is 5. The van der Waals surface area contributed by atoms with Gasteiger partial charge >= 0.3 is 0 Å². The fraction of sp³-hybridized carbons (Fsp3) is 0.632. The second-order valence-electron chi connectivity index (χ2n) is 6.69. The summed E-state index contributed by atoms with van der Waals surface area (Å²) < 4.78 is 10.6. The number of nitrogens with one attached hydrogen (secondary N) is 1. The molecule has 27 heavy (non-hydrogen) atoms. The molecule has 0 bridgehead atoms. The third-order valence-corrected chi connectivity index (χ3v) is 4.85.